The lowest BCUT2D eigenvalue weighted by molar-refractivity contribution is 0.594. The second kappa shape index (κ2) is 12.3. The van der Waals surface area contributed by atoms with E-state index < -0.39 is 0 Å². The molecule has 9 aromatic rings. The van der Waals surface area contributed by atoms with Gasteiger partial charge in [0.15, 0.2) is 0 Å². The quantitative estimate of drug-likeness (QED) is 0.162. The first kappa shape index (κ1) is 33.5. The number of anilines is 6. The zero-order valence-corrected chi connectivity index (χ0v) is 32.7. The van der Waals surface area contributed by atoms with Crippen molar-refractivity contribution in [3.8, 4) is 16.8 Å². The molecule has 0 atom stereocenters. The molecule has 0 fully saturated rings. The summed E-state index contributed by atoms with van der Waals surface area (Å²) >= 11 is 0. The summed E-state index contributed by atoms with van der Waals surface area (Å²) in [5.41, 5.74) is 18.3. The van der Waals surface area contributed by atoms with Crippen molar-refractivity contribution in [1.82, 2.24) is 4.57 Å². The van der Waals surface area contributed by atoms with Crippen LogP contribution in [-0.4, -0.2) is 4.57 Å². The summed E-state index contributed by atoms with van der Waals surface area (Å²) in [6.07, 6.45) is 0. The maximum absolute atomic E-state index is 2.63. The molecular formula is C54H43N3. The molecule has 11 rings (SSSR count). The number of rotatable bonds is 7. The van der Waals surface area contributed by atoms with E-state index in [4.69, 9.17) is 0 Å². The van der Waals surface area contributed by atoms with Gasteiger partial charge in [0.05, 0.1) is 16.7 Å². The van der Waals surface area contributed by atoms with Gasteiger partial charge in [0, 0.05) is 55.7 Å². The van der Waals surface area contributed by atoms with Gasteiger partial charge in [-0.1, -0.05) is 131 Å². The topological polar surface area (TPSA) is 11.4 Å². The van der Waals surface area contributed by atoms with Crippen molar-refractivity contribution in [2.75, 3.05) is 9.80 Å². The van der Waals surface area contributed by atoms with E-state index in [2.05, 4.69) is 230 Å². The van der Waals surface area contributed by atoms with Crippen LogP contribution in [0.15, 0.2) is 188 Å². The summed E-state index contributed by atoms with van der Waals surface area (Å²) in [5, 5.41) is 2.59. The molecule has 2 aliphatic rings. The van der Waals surface area contributed by atoms with Crippen molar-refractivity contribution < 1.29 is 0 Å². The molecule has 0 saturated heterocycles. The van der Waals surface area contributed by atoms with Gasteiger partial charge in [0.25, 0.3) is 0 Å². The molecule has 8 aromatic carbocycles. The molecule has 3 heterocycles. The molecule has 0 amide bonds. The maximum atomic E-state index is 2.63. The van der Waals surface area contributed by atoms with Gasteiger partial charge in [-0.25, -0.2) is 0 Å². The Bertz CT molecular complexity index is 2900. The number of nitrogens with zero attached hydrogens (tertiary/aromatic N) is 3. The van der Waals surface area contributed by atoms with Gasteiger partial charge in [-0.05, 0) is 118 Å². The lowest BCUT2D eigenvalue weighted by Crippen LogP contribution is -2.33. The van der Waals surface area contributed by atoms with E-state index in [0.717, 1.165) is 28.4 Å². The molecule has 3 nitrogen and oxygen atoms in total. The SMILES string of the molecule is CC1(C)c2cccc3c2-n2c4c1cc(-c1ccc(N(c5ccccc5)c5ccccc5)cc1)cc4c1cc(N(c4ccccc4)c4ccccc4)cc(c12)C3(C)C. The second-order valence-electron chi connectivity index (χ2n) is 16.7. The lowest BCUT2D eigenvalue weighted by atomic mass is 9.68. The Morgan fingerprint density at radius 3 is 1.21 bits per heavy atom. The van der Waals surface area contributed by atoms with Crippen LogP contribution in [0, 0.1) is 0 Å². The van der Waals surface area contributed by atoms with Gasteiger partial charge in [-0.3, -0.25) is 0 Å². The molecule has 0 saturated carbocycles. The Morgan fingerprint density at radius 1 is 0.333 bits per heavy atom. The highest BCUT2D eigenvalue weighted by Crippen LogP contribution is 2.57. The third-order valence-electron chi connectivity index (χ3n) is 12.7. The maximum Gasteiger partial charge on any atom is 0.0583 e. The standard InChI is InChI=1S/C54H43N3/c1-53(2)46-26-17-27-47-52(46)57-50-44(45-34-43(35-49(51(45)57)54(47,3)4)56(40-22-13-7-14-23-40)41-24-15-8-16-25-41)32-37(33-48(50)53)36-28-30-42(31-29-36)55(38-18-9-5-10-19-38)39-20-11-6-12-21-39/h5-35H,1-4H3. The molecule has 0 spiro atoms. The highest BCUT2D eigenvalue weighted by atomic mass is 15.1. The molecule has 1 aromatic heterocycles. The van der Waals surface area contributed by atoms with Crippen LogP contribution in [0.4, 0.5) is 34.1 Å². The predicted molar refractivity (Wildman–Crippen MR) is 240 cm³/mol. The number of fused-ring (bicyclic) bond motifs is 1. The third kappa shape index (κ3) is 4.91. The van der Waals surface area contributed by atoms with Crippen LogP contribution in [0.5, 0.6) is 0 Å². The Hall–Kier alpha value is -6.84. The van der Waals surface area contributed by atoms with Crippen molar-refractivity contribution in [2.45, 2.75) is 38.5 Å². The number of para-hydroxylation sites is 5. The van der Waals surface area contributed by atoms with Gasteiger partial charge in [0.1, 0.15) is 0 Å². The summed E-state index contributed by atoms with van der Waals surface area (Å²) in [6, 6.07) is 68.8. The fourth-order valence-electron chi connectivity index (χ4n) is 9.82. The zero-order valence-electron chi connectivity index (χ0n) is 32.7. The van der Waals surface area contributed by atoms with E-state index >= 15 is 0 Å². The number of aromatic nitrogens is 1. The van der Waals surface area contributed by atoms with Crippen molar-refractivity contribution in [2.24, 2.45) is 0 Å². The van der Waals surface area contributed by atoms with Crippen LogP contribution in [0.2, 0.25) is 0 Å². The fourth-order valence-corrected chi connectivity index (χ4v) is 9.82. The van der Waals surface area contributed by atoms with Crippen LogP contribution >= 0.6 is 0 Å². The van der Waals surface area contributed by atoms with Crippen LogP contribution in [0.25, 0.3) is 38.6 Å². The fraction of sp³-hybridized carbons (Fsp3) is 0.111. The minimum absolute atomic E-state index is 0.210. The number of hydrogen-bond donors (Lipinski definition) is 0. The van der Waals surface area contributed by atoms with Gasteiger partial charge < -0.3 is 14.4 Å². The first-order valence-corrected chi connectivity index (χ1v) is 20.0. The second-order valence-corrected chi connectivity index (χ2v) is 16.7. The van der Waals surface area contributed by atoms with Gasteiger partial charge >= 0.3 is 0 Å². The molecule has 0 radical (unpaired) electrons. The number of hydrogen-bond acceptors (Lipinski definition) is 2. The van der Waals surface area contributed by atoms with Crippen LogP contribution in [0.1, 0.15) is 49.9 Å². The van der Waals surface area contributed by atoms with Crippen molar-refractivity contribution in [3.05, 3.63) is 210 Å². The molecular weight excluding hydrogens is 691 g/mol. The Kier molecular flexibility index (Phi) is 7.25. The molecule has 274 valence electrons. The van der Waals surface area contributed by atoms with Crippen LogP contribution in [-0.2, 0) is 10.8 Å². The van der Waals surface area contributed by atoms with E-state index in [1.54, 1.807) is 0 Å². The van der Waals surface area contributed by atoms with E-state index in [9.17, 15) is 0 Å². The van der Waals surface area contributed by atoms with Gasteiger partial charge in [-0.2, -0.15) is 0 Å². The van der Waals surface area contributed by atoms with Crippen LogP contribution in [0.3, 0.4) is 0 Å². The van der Waals surface area contributed by atoms with Crippen molar-refractivity contribution in [3.63, 3.8) is 0 Å². The van der Waals surface area contributed by atoms with E-state index in [1.807, 2.05) is 0 Å². The molecule has 57 heavy (non-hydrogen) atoms. The number of benzene rings is 8. The minimum atomic E-state index is -0.224. The van der Waals surface area contributed by atoms with E-state index in [0.29, 0.717) is 0 Å². The first-order chi connectivity index (χ1) is 27.8. The Morgan fingerprint density at radius 2 is 0.737 bits per heavy atom. The predicted octanol–water partition coefficient (Wildman–Crippen LogP) is 14.7. The van der Waals surface area contributed by atoms with Crippen LogP contribution < -0.4 is 9.80 Å². The average Bonchev–Trinajstić information content (AvgIpc) is 3.58. The largest absolute Gasteiger partial charge is 0.311 e. The monoisotopic (exact) mass is 733 g/mol. The lowest BCUT2D eigenvalue weighted by Gasteiger charge is -2.42. The van der Waals surface area contributed by atoms with Crippen molar-refractivity contribution in [1.29, 1.82) is 0 Å². The molecule has 3 heteroatoms. The van der Waals surface area contributed by atoms with E-state index in [1.165, 1.54) is 66.6 Å². The Labute approximate surface area is 334 Å². The molecule has 0 bridgehead atoms. The average molecular weight is 734 g/mol. The molecule has 0 N–H and O–H groups in total. The zero-order chi connectivity index (χ0) is 38.5. The summed E-state index contributed by atoms with van der Waals surface area (Å²) in [7, 11) is 0. The smallest absolute Gasteiger partial charge is 0.0583 e. The molecule has 2 aliphatic heterocycles. The third-order valence-corrected chi connectivity index (χ3v) is 12.7. The Balaban J connectivity index is 1.17. The summed E-state index contributed by atoms with van der Waals surface area (Å²) < 4.78 is 2.63. The van der Waals surface area contributed by atoms with E-state index in [-0.39, 0.29) is 10.8 Å². The minimum Gasteiger partial charge on any atom is -0.311 e. The highest BCUT2D eigenvalue weighted by molar-refractivity contribution is 6.16. The molecule has 0 unspecified atom stereocenters. The summed E-state index contributed by atoms with van der Waals surface area (Å²) in [5.74, 6) is 0. The van der Waals surface area contributed by atoms with Crippen molar-refractivity contribution >= 4 is 55.9 Å². The first-order valence-electron chi connectivity index (χ1n) is 20.0. The summed E-state index contributed by atoms with van der Waals surface area (Å²) in [6.45, 7) is 9.68. The van der Waals surface area contributed by atoms with Gasteiger partial charge in [0.2, 0.25) is 0 Å². The van der Waals surface area contributed by atoms with Gasteiger partial charge in [-0.15, -0.1) is 0 Å². The summed E-state index contributed by atoms with van der Waals surface area (Å²) in [4.78, 5) is 4.74. The molecule has 0 aliphatic carbocycles. The highest BCUT2D eigenvalue weighted by Gasteiger charge is 2.44. The normalized spacial score (nSPS) is 14.2.